The van der Waals surface area contributed by atoms with E-state index < -0.39 is 0 Å². The largest absolute Gasteiger partial charge is 0.450 e. The van der Waals surface area contributed by atoms with Gasteiger partial charge in [0.15, 0.2) is 5.76 Å². The summed E-state index contributed by atoms with van der Waals surface area (Å²) in [6.07, 6.45) is 5.65. The second-order valence-electron chi connectivity index (χ2n) is 9.99. The molecule has 4 aliphatic heterocycles. The van der Waals surface area contributed by atoms with Crippen LogP contribution in [0, 0.1) is 5.92 Å². The number of halogens is 1. The summed E-state index contributed by atoms with van der Waals surface area (Å²) in [5.74, 6) is 0.856. The van der Waals surface area contributed by atoms with E-state index in [9.17, 15) is 9.59 Å². The standard InChI is InChI=1S/C28H31N3O3.ClH/c32-27(29-24-18-30-14-10-19(24)11-15-30)25-17-21-7-5-9-23(26(21)34-25)20-6-4-8-22(16-20)28(33)31-12-2-1-3-13-31;/h4-9,16-17,19,24H,1-3,10-15,18H2,(H,29,32);1H/t24-;/m1./s1. The van der Waals surface area contributed by atoms with Crippen LogP contribution in [0.25, 0.3) is 22.1 Å². The fourth-order valence-corrected chi connectivity index (χ4v) is 5.87. The summed E-state index contributed by atoms with van der Waals surface area (Å²) in [6, 6.07) is 15.7. The maximum absolute atomic E-state index is 13.1. The highest BCUT2D eigenvalue weighted by atomic mass is 35.5. The van der Waals surface area contributed by atoms with E-state index in [1.165, 1.54) is 6.42 Å². The molecule has 1 N–H and O–H groups in total. The number of rotatable bonds is 4. The van der Waals surface area contributed by atoms with Crippen LogP contribution in [0.15, 0.2) is 52.9 Å². The van der Waals surface area contributed by atoms with Crippen LogP contribution in [0.2, 0.25) is 0 Å². The number of fused-ring (bicyclic) bond motifs is 4. The minimum absolute atomic E-state index is 0. The highest BCUT2D eigenvalue weighted by Gasteiger charge is 2.35. The molecule has 0 unspecified atom stereocenters. The second kappa shape index (κ2) is 10.0. The zero-order chi connectivity index (χ0) is 23.1. The molecule has 7 heteroatoms. The summed E-state index contributed by atoms with van der Waals surface area (Å²) in [5.41, 5.74) is 3.20. The van der Waals surface area contributed by atoms with E-state index in [4.69, 9.17) is 4.42 Å². The molecule has 1 atom stereocenters. The Balaban J connectivity index is 0.00000253. The summed E-state index contributed by atoms with van der Waals surface area (Å²) in [4.78, 5) is 30.5. The molecule has 7 rings (SSSR count). The lowest BCUT2D eigenvalue weighted by Gasteiger charge is -2.44. The monoisotopic (exact) mass is 493 g/mol. The van der Waals surface area contributed by atoms with Gasteiger partial charge in [-0.2, -0.15) is 0 Å². The quantitative estimate of drug-likeness (QED) is 0.557. The van der Waals surface area contributed by atoms with Crippen LogP contribution in [0.1, 0.15) is 53.0 Å². The third-order valence-corrected chi connectivity index (χ3v) is 7.80. The molecule has 4 saturated heterocycles. The minimum atomic E-state index is -0.144. The molecule has 184 valence electrons. The number of carbonyl (C=O) groups is 2. The van der Waals surface area contributed by atoms with Crippen molar-refractivity contribution in [1.82, 2.24) is 15.1 Å². The van der Waals surface area contributed by atoms with Crippen molar-refractivity contribution >= 4 is 35.2 Å². The van der Waals surface area contributed by atoms with Gasteiger partial charge in [0.1, 0.15) is 5.58 Å². The number of amides is 2. The fraction of sp³-hybridized carbons (Fsp3) is 0.429. The third-order valence-electron chi connectivity index (χ3n) is 7.80. The van der Waals surface area contributed by atoms with Gasteiger partial charge in [0.2, 0.25) is 0 Å². The minimum Gasteiger partial charge on any atom is -0.450 e. The molecule has 2 aromatic carbocycles. The van der Waals surface area contributed by atoms with Crippen molar-refractivity contribution in [2.24, 2.45) is 5.92 Å². The Morgan fingerprint density at radius 2 is 1.69 bits per heavy atom. The number of nitrogens with zero attached hydrogens (tertiary/aromatic N) is 2. The molecule has 0 saturated carbocycles. The van der Waals surface area contributed by atoms with Crippen molar-refractivity contribution in [3.8, 4) is 11.1 Å². The highest BCUT2D eigenvalue weighted by Crippen LogP contribution is 2.33. The second-order valence-corrected chi connectivity index (χ2v) is 9.99. The molecule has 35 heavy (non-hydrogen) atoms. The first-order valence-corrected chi connectivity index (χ1v) is 12.6. The van der Waals surface area contributed by atoms with Crippen molar-refractivity contribution in [2.75, 3.05) is 32.7 Å². The molecule has 5 heterocycles. The zero-order valence-electron chi connectivity index (χ0n) is 19.9. The van der Waals surface area contributed by atoms with Crippen molar-refractivity contribution in [1.29, 1.82) is 0 Å². The predicted molar refractivity (Wildman–Crippen MR) is 139 cm³/mol. The number of para-hydroxylation sites is 1. The predicted octanol–water partition coefficient (Wildman–Crippen LogP) is 4.97. The van der Waals surface area contributed by atoms with Crippen molar-refractivity contribution < 1.29 is 14.0 Å². The Kier molecular flexibility index (Phi) is 6.85. The van der Waals surface area contributed by atoms with Gasteiger partial charge in [-0.25, -0.2) is 0 Å². The topological polar surface area (TPSA) is 65.8 Å². The molecular weight excluding hydrogens is 462 g/mol. The maximum atomic E-state index is 13.1. The van der Waals surface area contributed by atoms with Crippen LogP contribution in [0.3, 0.4) is 0 Å². The van der Waals surface area contributed by atoms with Crippen molar-refractivity contribution in [3.05, 3.63) is 59.9 Å². The van der Waals surface area contributed by atoms with Crippen LogP contribution < -0.4 is 5.32 Å². The maximum Gasteiger partial charge on any atom is 0.287 e. The SMILES string of the molecule is Cl.O=C(N[C@@H]1CN2CCC1CC2)c1cc2cccc(-c3cccc(C(=O)N4CCCCC4)c3)c2o1. The Morgan fingerprint density at radius 1 is 0.914 bits per heavy atom. The molecule has 0 spiro atoms. The van der Waals surface area contributed by atoms with Gasteiger partial charge in [-0.3, -0.25) is 9.59 Å². The van der Waals surface area contributed by atoms with E-state index in [-0.39, 0.29) is 30.3 Å². The Morgan fingerprint density at radius 3 is 2.43 bits per heavy atom. The molecule has 4 aliphatic rings. The molecule has 1 aromatic heterocycles. The number of hydrogen-bond acceptors (Lipinski definition) is 4. The number of furan rings is 1. The first-order chi connectivity index (χ1) is 16.7. The van der Waals surface area contributed by atoms with E-state index in [2.05, 4.69) is 10.2 Å². The average molecular weight is 494 g/mol. The zero-order valence-corrected chi connectivity index (χ0v) is 20.7. The van der Waals surface area contributed by atoms with Crippen LogP contribution in [-0.2, 0) is 0 Å². The molecular formula is C28H32ClN3O3. The van der Waals surface area contributed by atoms with Gasteiger partial charge in [-0.15, -0.1) is 12.4 Å². The Labute approximate surface area is 212 Å². The molecule has 0 aliphatic carbocycles. The van der Waals surface area contributed by atoms with E-state index in [0.29, 0.717) is 22.8 Å². The first-order valence-electron chi connectivity index (χ1n) is 12.6. The molecule has 4 fully saturated rings. The van der Waals surface area contributed by atoms with Crippen LogP contribution in [-0.4, -0.2) is 60.4 Å². The van der Waals surface area contributed by atoms with Gasteiger partial charge in [0.05, 0.1) is 0 Å². The van der Waals surface area contributed by atoms with E-state index >= 15 is 0 Å². The number of likely N-dealkylation sites (tertiary alicyclic amines) is 1. The summed E-state index contributed by atoms with van der Waals surface area (Å²) < 4.78 is 6.13. The van der Waals surface area contributed by atoms with E-state index in [1.54, 1.807) is 0 Å². The Hall–Kier alpha value is -2.83. The van der Waals surface area contributed by atoms with Gasteiger partial charge in [0.25, 0.3) is 11.8 Å². The van der Waals surface area contributed by atoms with E-state index in [0.717, 1.165) is 74.9 Å². The fourth-order valence-electron chi connectivity index (χ4n) is 5.87. The number of nitrogens with one attached hydrogen (secondary N) is 1. The number of piperidine rings is 4. The number of hydrogen-bond donors (Lipinski definition) is 1. The number of benzene rings is 2. The summed E-state index contributed by atoms with van der Waals surface area (Å²) in [7, 11) is 0. The molecule has 0 radical (unpaired) electrons. The van der Waals surface area contributed by atoms with Gasteiger partial charge in [0, 0.05) is 42.2 Å². The normalized spacial score (nSPS) is 23.7. The van der Waals surface area contributed by atoms with Gasteiger partial charge >= 0.3 is 0 Å². The van der Waals surface area contributed by atoms with Crippen LogP contribution in [0.4, 0.5) is 0 Å². The van der Waals surface area contributed by atoms with Crippen LogP contribution >= 0.6 is 12.4 Å². The summed E-state index contributed by atoms with van der Waals surface area (Å²) >= 11 is 0. The van der Waals surface area contributed by atoms with Gasteiger partial charge < -0.3 is 19.5 Å². The first kappa shape index (κ1) is 23.9. The van der Waals surface area contributed by atoms with Crippen molar-refractivity contribution in [2.45, 2.75) is 38.1 Å². The van der Waals surface area contributed by atoms with E-state index in [1.807, 2.05) is 53.4 Å². The lowest BCUT2D eigenvalue weighted by atomic mass is 9.84. The van der Waals surface area contributed by atoms with Crippen molar-refractivity contribution in [3.63, 3.8) is 0 Å². The smallest absolute Gasteiger partial charge is 0.287 e. The lowest BCUT2D eigenvalue weighted by Crippen LogP contribution is -2.57. The third kappa shape index (κ3) is 4.69. The number of carbonyl (C=O) groups excluding carboxylic acids is 2. The van der Waals surface area contributed by atoms with Gasteiger partial charge in [-0.05, 0) is 74.9 Å². The Bertz CT molecular complexity index is 1230. The summed E-state index contributed by atoms with van der Waals surface area (Å²) in [5, 5.41) is 4.12. The van der Waals surface area contributed by atoms with Gasteiger partial charge in [-0.1, -0.05) is 30.3 Å². The highest BCUT2D eigenvalue weighted by molar-refractivity contribution is 6.01. The average Bonchev–Trinajstić information content (AvgIpc) is 3.34. The molecule has 6 nitrogen and oxygen atoms in total. The molecule has 3 aromatic rings. The molecule has 2 bridgehead atoms. The summed E-state index contributed by atoms with van der Waals surface area (Å²) in [6.45, 7) is 4.87. The molecule has 2 amide bonds. The van der Waals surface area contributed by atoms with Crippen LogP contribution in [0.5, 0.6) is 0 Å². The lowest BCUT2D eigenvalue weighted by molar-refractivity contribution is 0.0607.